The molecule has 0 unspecified atom stereocenters. The van der Waals surface area contributed by atoms with Crippen LogP contribution < -0.4 is 4.74 Å². The van der Waals surface area contributed by atoms with Gasteiger partial charge in [0, 0.05) is 9.85 Å². The van der Waals surface area contributed by atoms with Crippen LogP contribution in [0.5, 0.6) is 6.01 Å². The smallest absolute Gasteiger partial charge is 0.293 e. The van der Waals surface area contributed by atoms with E-state index >= 15 is 0 Å². The fourth-order valence-electron chi connectivity index (χ4n) is 0.986. The number of ether oxygens (including phenoxy) is 1. The zero-order chi connectivity index (χ0) is 9.26. The van der Waals surface area contributed by atoms with Crippen molar-refractivity contribution in [1.82, 2.24) is 9.97 Å². The van der Waals surface area contributed by atoms with Crippen LogP contribution in [0.3, 0.4) is 0 Å². The minimum Gasteiger partial charge on any atom is -0.468 e. The Kier molecular flexibility index (Phi) is 2.37. The standard InChI is InChI=1S/C8H7BrN2OS/c1-12-8-10-3-6(11-8)7-2-5(9)4-13-7/h2-4H,1H3,(H,10,11). The number of rotatable bonds is 2. The predicted molar refractivity (Wildman–Crippen MR) is 56.2 cm³/mol. The van der Waals surface area contributed by atoms with Crippen molar-refractivity contribution in [3.8, 4) is 16.6 Å². The zero-order valence-corrected chi connectivity index (χ0v) is 9.28. The fraction of sp³-hybridized carbons (Fsp3) is 0.125. The molecule has 0 aliphatic carbocycles. The van der Waals surface area contributed by atoms with E-state index in [0.29, 0.717) is 6.01 Å². The molecule has 2 rings (SSSR count). The van der Waals surface area contributed by atoms with E-state index in [9.17, 15) is 0 Å². The Labute approximate surface area is 87.9 Å². The van der Waals surface area contributed by atoms with E-state index in [1.165, 1.54) is 0 Å². The first-order chi connectivity index (χ1) is 6.29. The molecule has 0 bridgehead atoms. The van der Waals surface area contributed by atoms with Crippen LogP contribution in [-0.4, -0.2) is 17.1 Å². The molecule has 2 aromatic rings. The molecule has 0 radical (unpaired) electrons. The van der Waals surface area contributed by atoms with Crippen LogP contribution in [0.1, 0.15) is 0 Å². The van der Waals surface area contributed by atoms with Gasteiger partial charge in [-0.05, 0) is 22.0 Å². The minimum atomic E-state index is 0.541. The number of hydrogen-bond donors (Lipinski definition) is 1. The van der Waals surface area contributed by atoms with Gasteiger partial charge in [-0.15, -0.1) is 11.3 Å². The summed E-state index contributed by atoms with van der Waals surface area (Å²) in [5, 5.41) is 2.03. The normalized spacial score (nSPS) is 10.3. The quantitative estimate of drug-likeness (QED) is 0.900. The third-order valence-corrected chi connectivity index (χ3v) is 3.30. The fourth-order valence-corrected chi connectivity index (χ4v) is 2.38. The first kappa shape index (κ1) is 8.77. The van der Waals surface area contributed by atoms with Gasteiger partial charge in [-0.3, -0.25) is 0 Å². The number of aromatic amines is 1. The number of halogens is 1. The van der Waals surface area contributed by atoms with E-state index in [0.717, 1.165) is 15.0 Å². The molecule has 0 spiro atoms. The number of nitrogens with zero attached hydrogens (tertiary/aromatic N) is 1. The Bertz CT molecular complexity index is 410. The molecule has 2 heterocycles. The lowest BCUT2D eigenvalue weighted by atomic mass is 10.4. The van der Waals surface area contributed by atoms with Gasteiger partial charge in [-0.25, -0.2) is 4.98 Å². The van der Waals surface area contributed by atoms with Crippen molar-refractivity contribution in [3.05, 3.63) is 22.1 Å². The van der Waals surface area contributed by atoms with Crippen molar-refractivity contribution in [3.63, 3.8) is 0 Å². The highest BCUT2D eigenvalue weighted by molar-refractivity contribution is 9.10. The van der Waals surface area contributed by atoms with Crippen LogP contribution in [0, 0.1) is 0 Å². The third kappa shape index (κ3) is 1.76. The first-order valence-corrected chi connectivity index (χ1v) is 5.30. The molecule has 13 heavy (non-hydrogen) atoms. The number of hydrogen-bond acceptors (Lipinski definition) is 3. The summed E-state index contributed by atoms with van der Waals surface area (Å²) in [6.45, 7) is 0. The number of H-pyrrole nitrogens is 1. The highest BCUT2D eigenvalue weighted by Gasteiger charge is 2.04. The molecule has 0 fully saturated rings. The van der Waals surface area contributed by atoms with Gasteiger partial charge in [0.05, 0.1) is 23.9 Å². The van der Waals surface area contributed by atoms with E-state index in [-0.39, 0.29) is 0 Å². The molecule has 0 saturated heterocycles. The number of aromatic nitrogens is 2. The average molecular weight is 259 g/mol. The molecule has 0 aliphatic heterocycles. The molecule has 0 amide bonds. The van der Waals surface area contributed by atoms with E-state index in [2.05, 4.69) is 25.9 Å². The van der Waals surface area contributed by atoms with E-state index in [4.69, 9.17) is 4.74 Å². The summed E-state index contributed by atoms with van der Waals surface area (Å²) in [6, 6.07) is 2.58. The van der Waals surface area contributed by atoms with Crippen molar-refractivity contribution >= 4 is 27.3 Å². The van der Waals surface area contributed by atoms with Gasteiger partial charge in [-0.2, -0.15) is 0 Å². The van der Waals surface area contributed by atoms with E-state index < -0.39 is 0 Å². The molecule has 0 saturated carbocycles. The second-order valence-electron chi connectivity index (χ2n) is 2.44. The van der Waals surface area contributed by atoms with E-state index in [1.807, 2.05) is 11.4 Å². The lowest BCUT2D eigenvalue weighted by Gasteiger charge is -1.90. The van der Waals surface area contributed by atoms with Gasteiger partial charge >= 0.3 is 0 Å². The van der Waals surface area contributed by atoms with Gasteiger partial charge in [0.25, 0.3) is 6.01 Å². The highest BCUT2D eigenvalue weighted by Crippen LogP contribution is 2.29. The summed E-state index contributed by atoms with van der Waals surface area (Å²) in [5.41, 5.74) is 0.979. The van der Waals surface area contributed by atoms with Gasteiger partial charge in [0.15, 0.2) is 0 Å². The van der Waals surface area contributed by atoms with Crippen LogP contribution >= 0.6 is 27.3 Å². The number of imidazole rings is 1. The van der Waals surface area contributed by atoms with Gasteiger partial charge in [0.2, 0.25) is 0 Å². The van der Waals surface area contributed by atoms with Crippen LogP contribution in [0.2, 0.25) is 0 Å². The Balaban J connectivity index is 2.35. The van der Waals surface area contributed by atoms with Crippen LogP contribution in [-0.2, 0) is 0 Å². The molecule has 68 valence electrons. The maximum absolute atomic E-state index is 4.95. The number of methoxy groups -OCH3 is 1. The monoisotopic (exact) mass is 258 g/mol. The largest absolute Gasteiger partial charge is 0.468 e. The highest BCUT2D eigenvalue weighted by atomic mass is 79.9. The molecule has 0 aliphatic rings. The summed E-state index contributed by atoms with van der Waals surface area (Å²) in [6.07, 6.45) is 1.76. The SMILES string of the molecule is COc1ncc(-c2cc(Br)cs2)[nH]1. The van der Waals surface area contributed by atoms with Crippen molar-refractivity contribution in [2.45, 2.75) is 0 Å². The third-order valence-electron chi connectivity index (χ3n) is 1.58. The number of thiophene rings is 1. The predicted octanol–water partition coefficient (Wildman–Crippen LogP) is 2.91. The lowest BCUT2D eigenvalue weighted by molar-refractivity contribution is 0.384. The zero-order valence-electron chi connectivity index (χ0n) is 6.87. The van der Waals surface area contributed by atoms with Crippen molar-refractivity contribution in [2.75, 3.05) is 7.11 Å². The molecular weight excluding hydrogens is 252 g/mol. The summed E-state index contributed by atoms with van der Waals surface area (Å²) in [7, 11) is 1.59. The van der Waals surface area contributed by atoms with Crippen molar-refractivity contribution < 1.29 is 4.74 Å². The molecule has 1 N–H and O–H groups in total. The van der Waals surface area contributed by atoms with Crippen molar-refractivity contribution in [1.29, 1.82) is 0 Å². The maximum atomic E-state index is 4.95. The lowest BCUT2D eigenvalue weighted by Crippen LogP contribution is -1.82. The summed E-state index contributed by atoms with van der Waals surface area (Å²) in [5.74, 6) is 0. The van der Waals surface area contributed by atoms with Crippen LogP contribution in [0.15, 0.2) is 22.1 Å². The van der Waals surface area contributed by atoms with Crippen LogP contribution in [0.25, 0.3) is 10.6 Å². The Morgan fingerprint density at radius 3 is 3.00 bits per heavy atom. The Hall–Kier alpha value is -0.810. The maximum Gasteiger partial charge on any atom is 0.293 e. The van der Waals surface area contributed by atoms with Gasteiger partial charge in [-0.1, -0.05) is 0 Å². The molecule has 5 heteroatoms. The first-order valence-electron chi connectivity index (χ1n) is 3.63. The summed E-state index contributed by atoms with van der Waals surface area (Å²) in [4.78, 5) is 8.22. The molecular formula is C8H7BrN2OS. The second-order valence-corrected chi connectivity index (χ2v) is 4.26. The average Bonchev–Trinajstić information content (AvgIpc) is 2.71. The van der Waals surface area contributed by atoms with Crippen molar-refractivity contribution in [2.24, 2.45) is 0 Å². The summed E-state index contributed by atoms with van der Waals surface area (Å²) >= 11 is 5.05. The Morgan fingerprint density at radius 2 is 2.46 bits per heavy atom. The summed E-state index contributed by atoms with van der Waals surface area (Å²) < 4.78 is 6.03. The molecule has 0 aromatic carbocycles. The van der Waals surface area contributed by atoms with Gasteiger partial charge < -0.3 is 9.72 Å². The molecule has 3 nitrogen and oxygen atoms in total. The Morgan fingerprint density at radius 1 is 1.62 bits per heavy atom. The van der Waals surface area contributed by atoms with Gasteiger partial charge in [0.1, 0.15) is 0 Å². The molecule has 2 aromatic heterocycles. The molecule has 0 atom stereocenters. The minimum absolute atomic E-state index is 0.541. The van der Waals surface area contributed by atoms with E-state index in [1.54, 1.807) is 24.6 Å². The number of nitrogens with one attached hydrogen (secondary N) is 1. The van der Waals surface area contributed by atoms with Crippen LogP contribution in [0.4, 0.5) is 0 Å². The topological polar surface area (TPSA) is 37.9 Å². The second kappa shape index (κ2) is 3.51.